The molecule has 0 fully saturated rings. The van der Waals surface area contributed by atoms with Crippen molar-refractivity contribution in [2.75, 3.05) is 0 Å². The number of fused-ring (bicyclic) bond motifs is 2. The zero-order valence-electron chi connectivity index (χ0n) is 12.9. The molecule has 0 unspecified atom stereocenters. The zero-order valence-corrected chi connectivity index (χ0v) is 14.5. The van der Waals surface area contributed by atoms with Crippen LogP contribution in [0.15, 0.2) is 76.4 Å². The third-order valence-electron chi connectivity index (χ3n) is 3.84. The van der Waals surface area contributed by atoms with Crippen LogP contribution in [-0.2, 0) is 0 Å². The van der Waals surface area contributed by atoms with E-state index in [-0.39, 0.29) is 16.4 Å². The third kappa shape index (κ3) is 3.08. The molecule has 0 bridgehead atoms. The Morgan fingerprint density at radius 1 is 0.880 bits per heavy atom. The van der Waals surface area contributed by atoms with Crippen LogP contribution in [0.2, 0.25) is 0 Å². The highest BCUT2D eigenvalue weighted by atomic mass is 32.2. The van der Waals surface area contributed by atoms with Crippen molar-refractivity contribution in [3.63, 3.8) is 0 Å². The molecular weight excluding hydrogens is 355 g/mol. The Bertz CT molecular complexity index is 1160. The van der Waals surface area contributed by atoms with Gasteiger partial charge in [-0.3, -0.25) is 9.59 Å². The van der Waals surface area contributed by atoms with E-state index in [1.807, 2.05) is 24.3 Å². The van der Waals surface area contributed by atoms with Crippen molar-refractivity contribution < 1.29 is 9.18 Å². The summed E-state index contributed by atoms with van der Waals surface area (Å²) < 4.78 is 14.7. The van der Waals surface area contributed by atoms with Gasteiger partial charge in [0, 0.05) is 30.6 Å². The highest BCUT2D eigenvalue weighted by molar-refractivity contribution is 8.14. The van der Waals surface area contributed by atoms with Crippen molar-refractivity contribution in [3.8, 4) is 0 Å². The molecule has 4 rings (SSSR count). The minimum atomic E-state index is -0.341. The molecule has 0 amide bonds. The van der Waals surface area contributed by atoms with Crippen LogP contribution >= 0.6 is 23.1 Å². The molecule has 1 aromatic heterocycles. The first kappa shape index (κ1) is 16.0. The van der Waals surface area contributed by atoms with Gasteiger partial charge in [0.2, 0.25) is 5.12 Å². The van der Waals surface area contributed by atoms with Gasteiger partial charge in [0.05, 0.1) is 0 Å². The van der Waals surface area contributed by atoms with Gasteiger partial charge in [-0.2, -0.15) is 0 Å². The van der Waals surface area contributed by atoms with E-state index in [0.717, 1.165) is 21.2 Å². The van der Waals surface area contributed by atoms with Crippen LogP contribution in [0.25, 0.3) is 20.2 Å². The largest absolute Gasteiger partial charge is 0.289 e. The number of rotatable bonds is 2. The van der Waals surface area contributed by atoms with Crippen molar-refractivity contribution in [2.45, 2.75) is 4.90 Å². The quantitative estimate of drug-likeness (QED) is 0.348. The summed E-state index contributed by atoms with van der Waals surface area (Å²) >= 11 is 2.55. The van der Waals surface area contributed by atoms with Gasteiger partial charge in [-0.25, -0.2) is 4.39 Å². The van der Waals surface area contributed by atoms with Gasteiger partial charge in [-0.15, -0.1) is 11.3 Å². The number of halogens is 1. The van der Waals surface area contributed by atoms with E-state index in [1.54, 1.807) is 30.3 Å². The number of thioether (sulfide) groups is 1. The van der Waals surface area contributed by atoms with Crippen LogP contribution in [0.3, 0.4) is 0 Å². The lowest BCUT2D eigenvalue weighted by Gasteiger charge is -2.04. The Balaban J connectivity index is 1.76. The van der Waals surface area contributed by atoms with E-state index in [9.17, 15) is 14.0 Å². The Labute approximate surface area is 150 Å². The van der Waals surface area contributed by atoms with Crippen LogP contribution < -0.4 is 5.43 Å². The maximum Gasteiger partial charge on any atom is 0.224 e. The number of hydrogen-bond acceptors (Lipinski definition) is 4. The van der Waals surface area contributed by atoms with E-state index < -0.39 is 0 Å². The van der Waals surface area contributed by atoms with Gasteiger partial charge >= 0.3 is 0 Å². The molecule has 25 heavy (non-hydrogen) atoms. The van der Waals surface area contributed by atoms with E-state index in [1.165, 1.54) is 23.5 Å². The molecule has 0 atom stereocenters. The summed E-state index contributed by atoms with van der Waals surface area (Å²) in [6.07, 6.45) is 0. The summed E-state index contributed by atoms with van der Waals surface area (Å²) in [5.41, 5.74) is 0.396. The van der Waals surface area contributed by atoms with Crippen LogP contribution in [0.4, 0.5) is 4.39 Å². The number of benzene rings is 3. The smallest absolute Gasteiger partial charge is 0.224 e. The minimum absolute atomic E-state index is 0.0641. The maximum absolute atomic E-state index is 13.0. The number of hydrogen-bond donors (Lipinski definition) is 0. The molecule has 0 N–H and O–H groups in total. The highest BCUT2D eigenvalue weighted by Crippen LogP contribution is 2.28. The van der Waals surface area contributed by atoms with Crippen LogP contribution in [0, 0.1) is 5.82 Å². The molecule has 0 saturated carbocycles. The average Bonchev–Trinajstić information content (AvgIpc) is 2.63. The predicted molar refractivity (Wildman–Crippen MR) is 102 cm³/mol. The molecule has 0 radical (unpaired) electrons. The van der Waals surface area contributed by atoms with Crippen molar-refractivity contribution in [3.05, 3.63) is 88.3 Å². The van der Waals surface area contributed by atoms with Gasteiger partial charge in [-0.05, 0) is 66.4 Å². The molecule has 0 aliphatic heterocycles. The topological polar surface area (TPSA) is 34.1 Å². The molecule has 4 aromatic rings. The molecule has 5 heteroatoms. The fourth-order valence-corrected chi connectivity index (χ4v) is 4.38. The first-order chi connectivity index (χ1) is 12.1. The molecule has 0 spiro atoms. The van der Waals surface area contributed by atoms with Gasteiger partial charge < -0.3 is 0 Å². The van der Waals surface area contributed by atoms with E-state index >= 15 is 0 Å². The summed E-state index contributed by atoms with van der Waals surface area (Å²) in [6.45, 7) is 0. The van der Waals surface area contributed by atoms with Crippen LogP contribution in [0.5, 0.6) is 0 Å². The second-order valence-corrected chi connectivity index (χ2v) is 7.61. The summed E-state index contributed by atoms with van der Waals surface area (Å²) in [5, 5.41) is 1.04. The lowest BCUT2D eigenvalue weighted by atomic mass is 10.1. The van der Waals surface area contributed by atoms with Gasteiger partial charge in [0.25, 0.3) is 0 Å². The van der Waals surface area contributed by atoms with Crippen molar-refractivity contribution in [1.29, 1.82) is 0 Å². The van der Waals surface area contributed by atoms with E-state index in [2.05, 4.69) is 0 Å². The highest BCUT2D eigenvalue weighted by Gasteiger charge is 2.12. The minimum Gasteiger partial charge on any atom is -0.289 e. The second-order valence-electron chi connectivity index (χ2n) is 5.48. The summed E-state index contributed by atoms with van der Waals surface area (Å²) in [4.78, 5) is 25.9. The van der Waals surface area contributed by atoms with Gasteiger partial charge in [0.15, 0.2) is 5.43 Å². The fourth-order valence-electron chi connectivity index (χ4n) is 2.60. The summed E-state index contributed by atoms with van der Waals surface area (Å²) in [7, 11) is 0. The SMILES string of the molecule is O=C(Sc1ccc(F)cc1)c1ccc2sc3ccccc3c(=O)c2c1. The third-order valence-corrected chi connectivity index (χ3v) is 5.92. The average molecular weight is 366 g/mol. The fraction of sp³-hybridized carbons (Fsp3) is 0. The first-order valence-electron chi connectivity index (χ1n) is 7.55. The first-order valence-corrected chi connectivity index (χ1v) is 9.18. The molecule has 1 heterocycles. The van der Waals surface area contributed by atoms with E-state index in [0.29, 0.717) is 21.2 Å². The van der Waals surface area contributed by atoms with Gasteiger partial charge in [-0.1, -0.05) is 12.1 Å². The lowest BCUT2D eigenvalue weighted by molar-refractivity contribution is 0.108. The number of carbonyl (C=O) groups excluding carboxylic acids is 1. The Morgan fingerprint density at radius 3 is 2.40 bits per heavy atom. The normalized spacial score (nSPS) is 11.1. The molecular formula is C20H11FO2S2. The van der Waals surface area contributed by atoms with Gasteiger partial charge in [0.1, 0.15) is 5.82 Å². The van der Waals surface area contributed by atoms with Crippen molar-refractivity contribution in [2.24, 2.45) is 0 Å². The lowest BCUT2D eigenvalue weighted by Crippen LogP contribution is -2.02. The summed E-state index contributed by atoms with van der Waals surface area (Å²) in [6, 6.07) is 18.4. The Hall–Kier alpha value is -2.50. The van der Waals surface area contributed by atoms with E-state index in [4.69, 9.17) is 0 Å². The molecule has 3 aromatic carbocycles. The molecule has 0 aliphatic rings. The summed E-state index contributed by atoms with van der Waals surface area (Å²) in [5.74, 6) is -0.341. The molecule has 2 nitrogen and oxygen atoms in total. The molecule has 0 saturated heterocycles. The standard InChI is InChI=1S/C20H11FO2S2/c21-13-6-8-14(9-7-13)24-20(23)12-5-10-18-16(11-12)19(22)15-3-1-2-4-17(15)25-18/h1-11H. The van der Waals surface area contributed by atoms with Crippen molar-refractivity contribution in [1.82, 2.24) is 0 Å². The maximum atomic E-state index is 13.0. The Kier molecular flexibility index (Phi) is 4.11. The Morgan fingerprint density at radius 2 is 1.60 bits per heavy atom. The zero-order chi connectivity index (χ0) is 17.4. The van der Waals surface area contributed by atoms with Crippen LogP contribution in [0.1, 0.15) is 10.4 Å². The second kappa shape index (κ2) is 6.43. The molecule has 122 valence electrons. The molecule has 0 aliphatic carbocycles. The monoisotopic (exact) mass is 366 g/mol. The predicted octanol–water partition coefficient (Wildman–Crippen LogP) is 5.49. The van der Waals surface area contributed by atoms with Crippen LogP contribution in [-0.4, -0.2) is 5.12 Å². The van der Waals surface area contributed by atoms with Crippen molar-refractivity contribution >= 4 is 48.4 Å². The number of carbonyl (C=O) groups is 1.